The number of amides is 3. The van der Waals surface area contributed by atoms with E-state index in [1.807, 2.05) is 35.1 Å². The molecule has 6 rings (SSSR count). The molecule has 1 saturated heterocycles. The Labute approximate surface area is 343 Å². The Morgan fingerprint density at radius 3 is 2.32 bits per heavy atom. The molecule has 0 unspecified atom stereocenters. The number of hydrogen-bond donors (Lipinski definition) is 4. The van der Waals surface area contributed by atoms with Crippen molar-refractivity contribution in [3.8, 4) is 22.8 Å². The largest absolute Gasteiger partial charge is 0.497 e. The van der Waals surface area contributed by atoms with Crippen LogP contribution >= 0.6 is 0 Å². The van der Waals surface area contributed by atoms with Crippen LogP contribution in [0.3, 0.4) is 0 Å². The molecule has 2 heterocycles. The zero-order valence-electron chi connectivity index (χ0n) is 33.7. The highest BCUT2D eigenvalue weighted by atomic mass is 32.2. The zero-order chi connectivity index (χ0) is 42.8. The number of aromatic nitrogens is 1. The van der Waals surface area contributed by atoms with Crippen LogP contribution in [0.15, 0.2) is 102 Å². The molecule has 59 heavy (non-hydrogen) atoms. The third kappa shape index (κ3) is 8.51. The topological polar surface area (TPSA) is 208 Å². The molecule has 1 aliphatic heterocycles. The van der Waals surface area contributed by atoms with Gasteiger partial charge in [-0.05, 0) is 71.5 Å². The SMILES string of the molecule is C=C[C@@]1(C(=O)[C@]2(NC(=O)OC(C)(C)C)C[C@@H](Oc3cc(-c4ccccc4)nc4cc(OC)ccc34)CN2C(=O)CCCNC)C[C@]1(N)C(=O)NS(=O)(=O)c1ccccc1. The van der Waals surface area contributed by atoms with Crippen molar-refractivity contribution in [2.45, 2.75) is 74.3 Å². The van der Waals surface area contributed by atoms with Gasteiger partial charge in [-0.25, -0.2) is 22.9 Å². The van der Waals surface area contributed by atoms with E-state index in [9.17, 15) is 22.8 Å². The minimum atomic E-state index is -4.41. The van der Waals surface area contributed by atoms with Crippen LogP contribution in [-0.2, 0) is 29.1 Å². The Kier molecular flexibility index (Phi) is 11.9. The predicted molar refractivity (Wildman–Crippen MR) is 221 cm³/mol. The molecule has 1 aliphatic carbocycles. The average Bonchev–Trinajstić information content (AvgIpc) is 3.69. The number of pyridine rings is 1. The normalized spacial score (nSPS) is 22.6. The van der Waals surface area contributed by atoms with E-state index in [0.717, 1.165) is 5.56 Å². The van der Waals surface area contributed by atoms with E-state index in [1.54, 1.807) is 65.3 Å². The molecule has 16 heteroatoms. The molecule has 0 bridgehead atoms. The molecular formula is C43H50N6O9S. The molecule has 1 aromatic heterocycles. The number of alkyl carbamates (subject to hydrolysis) is 1. The Hall–Kier alpha value is -5.84. The fourth-order valence-electron chi connectivity index (χ4n) is 7.56. The summed E-state index contributed by atoms with van der Waals surface area (Å²) in [6, 6.07) is 23.7. The van der Waals surface area contributed by atoms with E-state index in [4.69, 9.17) is 24.9 Å². The first-order valence-electron chi connectivity index (χ1n) is 19.2. The molecule has 3 amide bonds. The first kappa shape index (κ1) is 42.8. The second-order valence-corrected chi connectivity index (χ2v) is 17.5. The third-order valence-electron chi connectivity index (χ3n) is 10.6. The van der Waals surface area contributed by atoms with Crippen LogP contribution < -0.4 is 30.6 Å². The number of rotatable bonds is 15. The number of nitrogens with one attached hydrogen (secondary N) is 3. The van der Waals surface area contributed by atoms with Gasteiger partial charge in [0.25, 0.3) is 15.9 Å². The maximum Gasteiger partial charge on any atom is 0.409 e. The minimum Gasteiger partial charge on any atom is -0.497 e. The lowest BCUT2D eigenvalue weighted by Gasteiger charge is -2.40. The Morgan fingerprint density at radius 2 is 1.69 bits per heavy atom. The van der Waals surface area contributed by atoms with Crippen LogP contribution in [0.1, 0.15) is 46.5 Å². The summed E-state index contributed by atoms with van der Waals surface area (Å²) < 4.78 is 46.4. The number of ketones is 1. The van der Waals surface area contributed by atoms with Gasteiger partial charge in [0.05, 0.1) is 35.2 Å². The number of methoxy groups -OCH3 is 1. The van der Waals surface area contributed by atoms with E-state index in [1.165, 1.54) is 35.2 Å². The maximum absolute atomic E-state index is 15.5. The standard InChI is InChI=1S/C43H50N6O9S/c1-7-41(27-42(41,44)38(52)48-59(54,55)31-17-12-9-13-18-31)37(51)43(47-39(53)58-40(2,3)4)25-30(26-49(43)36(50)19-14-22-45-5)57-35-24-33(28-15-10-8-11-16-28)46-34-23-29(56-6)20-21-32(34)35/h7-13,15-18,20-21,23-24,30,45H,1,14,19,22,25-27,44H2,2-6H3,(H,47,53)(H,48,52)/t30-,41+,42+,43+/m1/s1. The molecule has 5 N–H and O–H groups in total. The van der Waals surface area contributed by atoms with Crippen molar-refractivity contribution >= 4 is 44.6 Å². The van der Waals surface area contributed by atoms with Crippen LogP contribution in [0.25, 0.3) is 22.2 Å². The number of hydrogen-bond acceptors (Lipinski definition) is 12. The van der Waals surface area contributed by atoms with Gasteiger partial charge in [0, 0.05) is 35.9 Å². The number of carbonyl (C=O) groups excluding carboxylic acids is 4. The van der Waals surface area contributed by atoms with Gasteiger partial charge in [-0.2, -0.15) is 0 Å². The monoisotopic (exact) mass is 826 g/mol. The predicted octanol–water partition coefficient (Wildman–Crippen LogP) is 4.46. The molecular weight excluding hydrogens is 777 g/mol. The van der Waals surface area contributed by atoms with E-state index in [2.05, 4.69) is 17.2 Å². The summed E-state index contributed by atoms with van der Waals surface area (Å²) in [7, 11) is -1.12. The Bertz CT molecular complexity index is 2370. The number of ether oxygens (including phenoxy) is 3. The summed E-state index contributed by atoms with van der Waals surface area (Å²) in [5.74, 6) is -1.57. The highest BCUT2D eigenvalue weighted by molar-refractivity contribution is 7.90. The van der Waals surface area contributed by atoms with Gasteiger partial charge in [0.2, 0.25) is 5.91 Å². The van der Waals surface area contributed by atoms with Crippen molar-refractivity contribution in [2.75, 3.05) is 27.2 Å². The maximum atomic E-state index is 15.5. The average molecular weight is 827 g/mol. The zero-order valence-corrected chi connectivity index (χ0v) is 34.6. The molecule has 0 radical (unpaired) electrons. The number of benzene rings is 3. The molecule has 3 aromatic carbocycles. The van der Waals surface area contributed by atoms with Crippen molar-refractivity contribution in [1.82, 2.24) is 25.2 Å². The summed E-state index contributed by atoms with van der Waals surface area (Å²) in [5, 5.41) is 6.34. The number of Topliss-reactive ketones (excluding diaryl/α,β-unsaturated/α-hetero) is 1. The van der Waals surface area contributed by atoms with Gasteiger partial charge < -0.3 is 30.2 Å². The first-order valence-corrected chi connectivity index (χ1v) is 20.7. The first-order chi connectivity index (χ1) is 27.9. The highest BCUT2D eigenvalue weighted by Gasteiger charge is 2.77. The number of fused-ring (bicyclic) bond motifs is 1. The van der Waals surface area contributed by atoms with Crippen molar-refractivity contribution in [3.63, 3.8) is 0 Å². The molecule has 4 aromatic rings. The fraction of sp³-hybridized carbons (Fsp3) is 0.372. The second kappa shape index (κ2) is 16.4. The fourth-order valence-corrected chi connectivity index (χ4v) is 8.62. The van der Waals surface area contributed by atoms with Crippen LogP contribution in [0, 0.1) is 5.41 Å². The third-order valence-corrected chi connectivity index (χ3v) is 11.9. The smallest absolute Gasteiger partial charge is 0.409 e. The molecule has 1 saturated carbocycles. The van der Waals surface area contributed by atoms with Crippen molar-refractivity contribution in [3.05, 3.63) is 97.6 Å². The quantitative estimate of drug-likeness (QED) is 0.0968. The van der Waals surface area contributed by atoms with Gasteiger partial charge >= 0.3 is 6.09 Å². The van der Waals surface area contributed by atoms with Crippen LogP contribution in [0.4, 0.5) is 4.79 Å². The molecule has 4 atom stereocenters. The van der Waals surface area contributed by atoms with Crippen LogP contribution in [-0.4, -0.2) is 92.1 Å². The Balaban J connectivity index is 1.44. The lowest BCUT2D eigenvalue weighted by molar-refractivity contribution is -0.148. The number of sulfonamides is 1. The van der Waals surface area contributed by atoms with E-state index in [-0.39, 0.29) is 30.7 Å². The van der Waals surface area contributed by atoms with E-state index in [0.29, 0.717) is 41.1 Å². The Morgan fingerprint density at radius 1 is 1.02 bits per heavy atom. The van der Waals surface area contributed by atoms with Gasteiger partial charge in [-0.1, -0.05) is 54.6 Å². The van der Waals surface area contributed by atoms with Crippen LogP contribution in [0.5, 0.6) is 11.5 Å². The summed E-state index contributed by atoms with van der Waals surface area (Å²) in [6.45, 7) is 9.09. The lowest BCUT2D eigenvalue weighted by Crippen LogP contribution is -2.67. The number of carbonyl (C=O) groups is 4. The summed E-state index contributed by atoms with van der Waals surface area (Å²) in [4.78, 5) is 63.5. The van der Waals surface area contributed by atoms with Crippen molar-refractivity contribution in [2.24, 2.45) is 11.1 Å². The van der Waals surface area contributed by atoms with Crippen molar-refractivity contribution < 1.29 is 41.8 Å². The summed E-state index contributed by atoms with van der Waals surface area (Å²) in [6.07, 6.45) is -1.10. The lowest BCUT2D eigenvalue weighted by atomic mass is 9.83. The molecule has 15 nitrogen and oxygen atoms in total. The van der Waals surface area contributed by atoms with Crippen molar-refractivity contribution in [1.29, 1.82) is 0 Å². The van der Waals surface area contributed by atoms with Gasteiger partial charge in [0.15, 0.2) is 11.4 Å². The minimum absolute atomic E-state index is 0.0284. The number of likely N-dealkylation sites (tertiary alicyclic amines) is 1. The molecule has 2 aliphatic rings. The summed E-state index contributed by atoms with van der Waals surface area (Å²) in [5.41, 5.74) is 1.33. The molecule has 0 spiro atoms. The highest BCUT2D eigenvalue weighted by Crippen LogP contribution is 2.59. The summed E-state index contributed by atoms with van der Waals surface area (Å²) >= 11 is 0. The van der Waals surface area contributed by atoms with E-state index >= 15 is 4.79 Å². The number of nitrogens with zero attached hydrogens (tertiary/aromatic N) is 2. The second-order valence-electron chi connectivity index (χ2n) is 15.8. The van der Waals surface area contributed by atoms with Gasteiger partial charge in [-0.15, -0.1) is 6.58 Å². The van der Waals surface area contributed by atoms with E-state index < -0.39 is 62.0 Å². The van der Waals surface area contributed by atoms with Gasteiger partial charge in [0.1, 0.15) is 28.7 Å². The molecule has 2 fully saturated rings. The van der Waals surface area contributed by atoms with Crippen LogP contribution in [0.2, 0.25) is 0 Å². The number of nitrogens with two attached hydrogens (primary N) is 1. The molecule has 312 valence electrons. The van der Waals surface area contributed by atoms with Gasteiger partial charge in [-0.3, -0.25) is 19.7 Å².